The molecule has 0 bridgehead atoms. The highest BCUT2D eigenvalue weighted by Crippen LogP contribution is 2.18. The number of alkyl halides is 3. The second-order valence-corrected chi connectivity index (χ2v) is 2.53. The van der Waals surface area contributed by atoms with Crippen molar-refractivity contribution in [2.75, 3.05) is 13.6 Å². The molecule has 0 spiro atoms. The van der Waals surface area contributed by atoms with Crippen molar-refractivity contribution in [3.63, 3.8) is 0 Å². The fourth-order valence-electron chi connectivity index (χ4n) is 0.507. The van der Waals surface area contributed by atoms with Crippen LogP contribution in [0.5, 0.6) is 0 Å². The van der Waals surface area contributed by atoms with E-state index in [1.165, 1.54) is 6.92 Å². The molecule has 11 heavy (non-hydrogen) atoms. The molecule has 0 saturated heterocycles. The molecule has 0 aliphatic rings. The molecule has 1 N–H and O–H groups in total. The van der Waals surface area contributed by atoms with Gasteiger partial charge in [-0.2, -0.15) is 13.2 Å². The smallest absolute Gasteiger partial charge is 0.393 e. The van der Waals surface area contributed by atoms with Crippen molar-refractivity contribution >= 4 is 0 Å². The number of halogens is 3. The third kappa shape index (κ3) is 5.03. The lowest BCUT2D eigenvalue weighted by molar-refractivity contribution is -0.237. The van der Waals surface area contributed by atoms with Crippen LogP contribution in [-0.2, 0) is 0 Å². The van der Waals surface area contributed by atoms with Crippen LogP contribution in [0.4, 0.5) is 13.2 Å². The van der Waals surface area contributed by atoms with Crippen LogP contribution in [0.3, 0.4) is 0 Å². The molecule has 0 aromatic carbocycles. The van der Waals surface area contributed by atoms with E-state index in [4.69, 9.17) is 5.11 Å². The Balaban J connectivity index is 3.61. The molecule has 0 aliphatic heterocycles. The zero-order valence-electron chi connectivity index (χ0n) is 6.52. The Bertz CT molecular complexity index is 113. The average Bonchev–Trinajstić information content (AvgIpc) is 1.80. The van der Waals surface area contributed by atoms with Gasteiger partial charge in [0, 0.05) is 6.54 Å². The van der Waals surface area contributed by atoms with E-state index in [1.54, 1.807) is 0 Å². The van der Waals surface area contributed by atoms with Crippen LogP contribution in [0.2, 0.25) is 0 Å². The van der Waals surface area contributed by atoms with Gasteiger partial charge in [-0.05, 0) is 20.4 Å². The Kier molecular flexibility index (Phi) is 3.82. The summed E-state index contributed by atoms with van der Waals surface area (Å²) in [6, 6.07) is 0. The van der Waals surface area contributed by atoms with E-state index in [0.29, 0.717) is 0 Å². The molecule has 2 nitrogen and oxygen atoms in total. The third-order valence-corrected chi connectivity index (χ3v) is 1.32. The summed E-state index contributed by atoms with van der Waals surface area (Å²) in [5.74, 6) is 0. The van der Waals surface area contributed by atoms with E-state index in [-0.39, 0.29) is 17.9 Å². The van der Waals surface area contributed by atoms with Gasteiger partial charge in [-0.1, -0.05) is 0 Å². The van der Waals surface area contributed by atoms with E-state index < -0.39 is 12.4 Å². The van der Waals surface area contributed by atoms with Crippen molar-refractivity contribution in [3.05, 3.63) is 0 Å². The quantitative estimate of drug-likeness (QED) is 0.645. The van der Waals surface area contributed by atoms with Gasteiger partial charge in [0.05, 0.1) is 6.10 Å². The van der Waals surface area contributed by atoms with Gasteiger partial charge in [0.2, 0.25) is 0 Å². The van der Waals surface area contributed by atoms with Crippen molar-refractivity contribution in [2.45, 2.75) is 25.7 Å². The first kappa shape index (κ1) is 10.7. The van der Waals surface area contributed by atoms with Gasteiger partial charge in [-0.15, -0.1) is 0 Å². The van der Waals surface area contributed by atoms with Gasteiger partial charge in [-0.3, -0.25) is 0 Å². The summed E-state index contributed by atoms with van der Waals surface area (Å²) >= 11 is 0. The maximum Gasteiger partial charge on any atom is 0.459 e. The molecule has 0 fully saturated rings. The van der Waals surface area contributed by atoms with Crippen molar-refractivity contribution < 1.29 is 18.3 Å². The lowest BCUT2D eigenvalue weighted by atomic mass is 10.3. The predicted molar refractivity (Wildman–Crippen MR) is 35.0 cm³/mol. The van der Waals surface area contributed by atoms with E-state index >= 15 is 0 Å². The first-order chi connectivity index (χ1) is 4.84. The molecule has 0 radical (unpaired) electrons. The van der Waals surface area contributed by atoms with Crippen LogP contribution in [0.1, 0.15) is 13.3 Å². The average molecular weight is 171 g/mol. The summed E-state index contributed by atoms with van der Waals surface area (Å²) in [5.41, 5.74) is 0. The number of hydrogen-bond donors (Lipinski definition) is 1. The molecule has 1 unspecified atom stereocenters. The second-order valence-electron chi connectivity index (χ2n) is 2.53. The van der Waals surface area contributed by atoms with E-state index in [0.717, 1.165) is 7.05 Å². The molecule has 0 aromatic heterocycles. The highest BCUT2D eigenvalue weighted by molar-refractivity contribution is 4.56. The minimum Gasteiger partial charge on any atom is -0.393 e. The summed E-state index contributed by atoms with van der Waals surface area (Å²) in [7, 11) is 0.961. The van der Waals surface area contributed by atoms with Crippen molar-refractivity contribution in [1.82, 2.24) is 4.90 Å². The maximum atomic E-state index is 11.7. The highest BCUT2D eigenvalue weighted by atomic mass is 19.4. The molecule has 68 valence electrons. The number of hydrogen-bond acceptors (Lipinski definition) is 2. The number of nitrogens with zero attached hydrogens (tertiary/aromatic N) is 1. The van der Waals surface area contributed by atoms with Crippen LogP contribution in [-0.4, -0.2) is 36.0 Å². The Morgan fingerprint density at radius 2 is 1.91 bits per heavy atom. The van der Waals surface area contributed by atoms with E-state index in [1.807, 2.05) is 0 Å². The lowest BCUT2D eigenvalue weighted by Crippen LogP contribution is -2.35. The predicted octanol–water partition coefficient (Wildman–Crippen LogP) is 1.21. The fraction of sp³-hybridized carbons (Fsp3) is 1.00. The minimum absolute atomic E-state index is 0.135. The topological polar surface area (TPSA) is 23.5 Å². The Morgan fingerprint density at radius 1 is 1.45 bits per heavy atom. The number of aliphatic hydroxyl groups excluding tert-OH is 1. The molecule has 0 saturated carbocycles. The van der Waals surface area contributed by atoms with Gasteiger partial charge in [-0.25, -0.2) is 4.90 Å². The van der Waals surface area contributed by atoms with E-state index in [9.17, 15) is 13.2 Å². The number of aliphatic hydroxyl groups is 1. The fourth-order valence-corrected chi connectivity index (χ4v) is 0.507. The first-order valence-corrected chi connectivity index (χ1v) is 3.30. The largest absolute Gasteiger partial charge is 0.459 e. The van der Waals surface area contributed by atoms with Crippen LogP contribution in [0, 0.1) is 0 Å². The molecule has 0 aromatic rings. The highest BCUT2D eigenvalue weighted by Gasteiger charge is 2.33. The summed E-state index contributed by atoms with van der Waals surface area (Å²) in [6.07, 6.45) is -4.83. The summed E-state index contributed by atoms with van der Waals surface area (Å²) in [5, 5.41) is 8.67. The molecule has 5 heteroatoms. The summed E-state index contributed by atoms with van der Waals surface area (Å²) in [4.78, 5) is 0.250. The first-order valence-electron chi connectivity index (χ1n) is 3.30. The van der Waals surface area contributed by atoms with Crippen LogP contribution >= 0.6 is 0 Å². The summed E-state index contributed by atoms with van der Waals surface area (Å²) < 4.78 is 35.2. The number of rotatable bonds is 3. The minimum atomic E-state index is -4.28. The molecule has 0 heterocycles. The lowest BCUT2D eigenvalue weighted by Gasteiger charge is -2.19. The molecule has 0 aliphatic carbocycles. The molecule has 1 atom stereocenters. The SMILES string of the molecule is CC(O)CCN(C)C(F)(F)F. The normalized spacial score (nSPS) is 15.5. The van der Waals surface area contributed by atoms with Crippen molar-refractivity contribution in [3.8, 4) is 0 Å². The summed E-state index contributed by atoms with van der Waals surface area (Å²) in [6.45, 7) is 1.30. The Morgan fingerprint density at radius 3 is 2.18 bits per heavy atom. The monoisotopic (exact) mass is 171 g/mol. The van der Waals surface area contributed by atoms with Gasteiger partial charge >= 0.3 is 6.30 Å². The van der Waals surface area contributed by atoms with Gasteiger partial charge < -0.3 is 5.11 Å². The van der Waals surface area contributed by atoms with E-state index in [2.05, 4.69) is 0 Å². The van der Waals surface area contributed by atoms with Crippen LogP contribution in [0.15, 0.2) is 0 Å². The zero-order chi connectivity index (χ0) is 9.07. The molecule has 0 rings (SSSR count). The molecular weight excluding hydrogens is 159 g/mol. The van der Waals surface area contributed by atoms with Crippen LogP contribution < -0.4 is 0 Å². The molecule has 0 amide bonds. The molecular formula is C6H12F3NO. The zero-order valence-corrected chi connectivity index (χ0v) is 6.52. The van der Waals surface area contributed by atoms with Gasteiger partial charge in [0.25, 0.3) is 0 Å². The second kappa shape index (κ2) is 3.92. The maximum absolute atomic E-state index is 11.7. The standard InChI is InChI=1S/C6H12F3NO/c1-5(11)3-4-10(2)6(7,8)9/h5,11H,3-4H2,1-2H3. The van der Waals surface area contributed by atoms with Crippen molar-refractivity contribution in [2.24, 2.45) is 0 Å². The van der Waals surface area contributed by atoms with Crippen molar-refractivity contribution in [1.29, 1.82) is 0 Å². The van der Waals surface area contributed by atoms with Gasteiger partial charge in [0.1, 0.15) is 0 Å². The Labute approximate surface area is 63.6 Å². The van der Waals surface area contributed by atoms with Crippen LogP contribution in [0.25, 0.3) is 0 Å². The van der Waals surface area contributed by atoms with Gasteiger partial charge in [0.15, 0.2) is 0 Å². The third-order valence-electron chi connectivity index (χ3n) is 1.32. The Hall–Kier alpha value is -0.290.